The van der Waals surface area contributed by atoms with E-state index in [9.17, 15) is 4.21 Å². The summed E-state index contributed by atoms with van der Waals surface area (Å²) in [4.78, 5) is 3.77. The maximum absolute atomic E-state index is 10.6. The van der Waals surface area contributed by atoms with Gasteiger partial charge in [-0.2, -0.15) is 0 Å². The number of nitrogens with one attached hydrogen (secondary N) is 1. The topological polar surface area (TPSA) is 53.3 Å². The van der Waals surface area contributed by atoms with Crippen LogP contribution in [0.5, 0.6) is 0 Å². The maximum atomic E-state index is 10.6. The number of hydrogen-bond acceptors (Lipinski definition) is 3. The highest BCUT2D eigenvalue weighted by Crippen LogP contribution is 1.90. The fraction of sp³-hybridized carbons (Fsp3) is 0.500. The highest BCUT2D eigenvalue weighted by molar-refractivity contribution is 8.01. The third-order valence-corrected chi connectivity index (χ3v) is 2.00. The first-order valence-electron chi connectivity index (χ1n) is 2.25. The Labute approximate surface area is 49.8 Å². The minimum atomic E-state index is -1.05. The standard InChI is InChI=1S/C4H6N2OS/c5-4-3-6-1-2-8(4)7/h1,5H,2-3H2. The summed E-state index contributed by atoms with van der Waals surface area (Å²) in [5.74, 6) is 0.429. The molecule has 0 saturated heterocycles. The van der Waals surface area contributed by atoms with Crippen LogP contribution in [0.2, 0.25) is 0 Å². The lowest BCUT2D eigenvalue weighted by Crippen LogP contribution is -2.18. The van der Waals surface area contributed by atoms with Gasteiger partial charge < -0.3 is 0 Å². The van der Waals surface area contributed by atoms with Crippen molar-refractivity contribution < 1.29 is 4.21 Å². The molecule has 1 N–H and O–H groups in total. The number of rotatable bonds is 0. The average molecular weight is 130 g/mol. The fourth-order valence-corrected chi connectivity index (χ4v) is 1.10. The molecule has 8 heavy (non-hydrogen) atoms. The first kappa shape index (κ1) is 5.62. The summed E-state index contributed by atoms with van der Waals surface area (Å²) in [6.07, 6.45) is 1.61. The van der Waals surface area contributed by atoms with Crippen LogP contribution in [0.3, 0.4) is 0 Å². The van der Waals surface area contributed by atoms with Crippen molar-refractivity contribution in [2.45, 2.75) is 0 Å². The molecule has 0 radical (unpaired) electrons. The largest absolute Gasteiger partial charge is 0.294 e. The van der Waals surface area contributed by atoms with Gasteiger partial charge in [0.25, 0.3) is 0 Å². The van der Waals surface area contributed by atoms with Gasteiger partial charge >= 0.3 is 0 Å². The van der Waals surface area contributed by atoms with Crippen LogP contribution in [0.1, 0.15) is 0 Å². The Morgan fingerprint density at radius 2 is 2.62 bits per heavy atom. The molecule has 0 bridgehead atoms. The van der Waals surface area contributed by atoms with E-state index in [0.29, 0.717) is 12.3 Å². The van der Waals surface area contributed by atoms with Crippen molar-refractivity contribution >= 4 is 22.1 Å². The van der Waals surface area contributed by atoms with E-state index in [0.717, 1.165) is 0 Å². The predicted octanol–water partition coefficient (Wildman–Crippen LogP) is -0.203. The summed E-state index contributed by atoms with van der Waals surface area (Å²) in [6.45, 7) is 0.326. The first-order valence-corrected chi connectivity index (χ1v) is 3.56. The molecule has 1 heterocycles. The molecule has 1 aliphatic heterocycles. The van der Waals surface area contributed by atoms with Crippen molar-refractivity contribution in [3.8, 4) is 0 Å². The van der Waals surface area contributed by atoms with Crippen LogP contribution in [-0.2, 0) is 10.8 Å². The summed E-state index contributed by atoms with van der Waals surface area (Å²) in [7, 11) is -1.05. The molecule has 0 aliphatic carbocycles. The third kappa shape index (κ3) is 1.01. The Kier molecular flexibility index (Phi) is 1.53. The van der Waals surface area contributed by atoms with E-state index < -0.39 is 10.8 Å². The van der Waals surface area contributed by atoms with Gasteiger partial charge in [0, 0.05) is 6.21 Å². The Hall–Kier alpha value is -0.510. The minimum absolute atomic E-state index is 0.243. The molecule has 0 aromatic rings. The lowest BCUT2D eigenvalue weighted by Gasteiger charge is -2.01. The second-order valence-electron chi connectivity index (χ2n) is 1.46. The van der Waals surface area contributed by atoms with Crippen LogP contribution in [-0.4, -0.2) is 27.8 Å². The van der Waals surface area contributed by atoms with Gasteiger partial charge in [0.1, 0.15) is 5.04 Å². The van der Waals surface area contributed by atoms with E-state index in [-0.39, 0.29) is 5.04 Å². The zero-order valence-corrected chi connectivity index (χ0v) is 5.07. The SMILES string of the molecule is N=C1CN=CCS1=O. The van der Waals surface area contributed by atoms with Crippen LogP contribution in [0, 0.1) is 5.41 Å². The molecule has 0 aromatic heterocycles. The molecule has 1 atom stereocenters. The summed E-state index contributed by atoms with van der Waals surface area (Å²) in [5.41, 5.74) is 0. The van der Waals surface area contributed by atoms with Crippen molar-refractivity contribution in [2.75, 3.05) is 12.3 Å². The van der Waals surface area contributed by atoms with Crippen LogP contribution < -0.4 is 0 Å². The highest BCUT2D eigenvalue weighted by atomic mass is 32.2. The molecule has 0 aromatic carbocycles. The van der Waals surface area contributed by atoms with Crippen LogP contribution in [0.25, 0.3) is 0 Å². The van der Waals surface area contributed by atoms with E-state index in [1.165, 1.54) is 0 Å². The Morgan fingerprint density at radius 3 is 3.00 bits per heavy atom. The van der Waals surface area contributed by atoms with Gasteiger partial charge in [0.15, 0.2) is 0 Å². The predicted molar refractivity (Wildman–Crippen MR) is 34.1 cm³/mol. The Morgan fingerprint density at radius 1 is 1.88 bits per heavy atom. The van der Waals surface area contributed by atoms with Crippen molar-refractivity contribution in [2.24, 2.45) is 4.99 Å². The highest BCUT2D eigenvalue weighted by Gasteiger charge is 2.07. The molecule has 4 heteroatoms. The van der Waals surface area contributed by atoms with Gasteiger partial charge in [-0.15, -0.1) is 0 Å². The molecule has 1 unspecified atom stereocenters. The molecule has 1 aliphatic rings. The van der Waals surface area contributed by atoms with E-state index in [1.54, 1.807) is 6.21 Å². The van der Waals surface area contributed by atoms with E-state index in [4.69, 9.17) is 5.41 Å². The summed E-state index contributed by atoms with van der Waals surface area (Å²) in [6, 6.07) is 0. The van der Waals surface area contributed by atoms with E-state index in [1.807, 2.05) is 0 Å². The lowest BCUT2D eigenvalue weighted by atomic mass is 10.7. The normalized spacial score (nSPS) is 28.5. The second-order valence-corrected chi connectivity index (χ2v) is 2.98. The fourth-order valence-electron chi connectivity index (χ4n) is 0.440. The van der Waals surface area contributed by atoms with E-state index in [2.05, 4.69) is 4.99 Å². The van der Waals surface area contributed by atoms with Gasteiger partial charge in [0.2, 0.25) is 0 Å². The third-order valence-electron chi connectivity index (χ3n) is 0.865. The van der Waals surface area contributed by atoms with Gasteiger partial charge in [-0.25, -0.2) is 0 Å². The molecule has 0 amide bonds. The molecular formula is C4H6N2OS. The monoisotopic (exact) mass is 130 g/mol. The smallest absolute Gasteiger partial charge is 0.117 e. The molecule has 44 valence electrons. The van der Waals surface area contributed by atoms with Crippen LogP contribution in [0.15, 0.2) is 4.99 Å². The van der Waals surface area contributed by atoms with Crippen LogP contribution >= 0.6 is 0 Å². The van der Waals surface area contributed by atoms with Crippen molar-refractivity contribution in [3.05, 3.63) is 0 Å². The van der Waals surface area contributed by atoms with Gasteiger partial charge in [-0.05, 0) is 0 Å². The first-order chi connectivity index (χ1) is 3.80. The van der Waals surface area contributed by atoms with Gasteiger partial charge in [-0.3, -0.25) is 14.6 Å². The molecule has 0 fully saturated rings. The Balaban J connectivity index is 2.71. The minimum Gasteiger partial charge on any atom is -0.294 e. The van der Waals surface area contributed by atoms with Crippen molar-refractivity contribution in [3.63, 3.8) is 0 Å². The van der Waals surface area contributed by atoms with Crippen molar-refractivity contribution in [1.82, 2.24) is 0 Å². The van der Waals surface area contributed by atoms with Crippen LogP contribution in [0.4, 0.5) is 0 Å². The molecule has 0 saturated carbocycles. The maximum Gasteiger partial charge on any atom is 0.117 e. The average Bonchev–Trinajstić information content (AvgIpc) is 1.77. The molecule has 0 spiro atoms. The number of hydrogen-bond donors (Lipinski definition) is 1. The zero-order chi connectivity index (χ0) is 5.98. The summed E-state index contributed by atoms with van der Waals surface area (Å²) in [5, 5.41) is 7.22. The lowest BCUT2D eigenvalue weighted by molar-refractivity contribution is 0.691. The van der Waals surface area contributed by atoms with E-state index >= 15 is 0 Å². The zero-order valence-electron chi connectivity index (χ0n) is 4.26. The quantitative estimate of drug-likeness (QED) is 0.485. The number of aliphatic imine (C=N–C) groups is 1. The number of nitrogens with zero attached hydrogens (tertiary/aromatic N) is 1. The molecule has 3 nitrogen and oxygen atoms in total. The second kappa shape index (κ2) is 2.17. The molecular weight excluding hydrogens is 124 g/mol. The van der Waals surface area contributed by atoms with Gasteiger partial charge in [0.05, 0.1) is 23.1 Å². The Bertz CT molecular complexity index is 145. The van der Waals surface area contributed by atoms with Crippen molar-refractivity contribution in [1.29, 1.82) is 5.41 Å². The van der Waals surface area contributed by atoms with Gasteiger partial charge in [-0.1, -0.05) is 0 Å². The summed E-state index contributed by atoms with van der Waals surface area (Å²) < 4.78 is 10.6. The molecule has 1 rings (SSSR count). The summed E-state index contributed by atoms with van der Waals surface area (Å²) >= 11 is 0.